The summed E-state index contributed by atoms with van der Waals surface area (Å²) >= 11 is 0. The number of hydrogen-bond donors (Lipinski definition) is 1. The Bertz CT molecular complexity index is 128. The third-order valence-corrected chi connectivity index (χ3v) is 3.42. The Kier molecular flexibility index (Phi) is 4.74. The van der Waals surface area contributed by atoms with Crippen LogP contribution in [0.1, 0.15) is 33.1 Å². The Morgan fingerprint density at radius 1 is 1.38 bits per heavy atom. The zero-order chi connectivity index (χ0) is 9.68. The molecule has 1 aliphatic rings. The van der Waals surface area contributed by atoms with E-state index in [9.17, 15) is 0 Å². The first kappa shape index (κ1) is 11.0. The van der Waals surface area contributed by atoms with E-state index in [-0.39, 0.29) is 0 Å². The van der Waals surface area contributed by atoms with Gasteiger partial charge in [-0.25, -0.2) is 0 Å². The molecule has 0 amide bonds. The average molecular weight is 185 g/mol. The summed E-state index contributed by atoms with van der Waals surface area (Å²) in [6.07, 6.45) is 4.24. The van der Waals surface area contributed by atoms with Crippen LogP contribution in [0.25, 0.3) is 0 Å². The molecule has 0 radical (unpaired) electrons. The maximum absolute atomic E-state index is 5.49. The second kappa shape index (κ2) is 5.61. The third-order valence-electron chi connectivity index (χ3n) is 3.42. The second-order valence-corrected chi connectivity index (χ2v) is 4.13. The molecule has 0 aliphatic carbocycles. The van der Waals surface area contributed by atoms with Gasteiger partial charge in [-0.3, -0.25) is 0 Å². The van der Waals surface area contributed by atoms with E-state index in [1.54, 1.807) is 0 Å². The summed E-state index contributed by atoms with van der Waals surface area (Å²) < 4.78 is 5.49. The van der Waals surface area contributed by atoms with Crippen LogP contribution in [0.2, 0.25) is 0 Å². The molecular weight excluding hydrogens is 162 g/mol. The SMILES string of the molecule is CCC(OC)C(C)C1CCNCC1. The molecule has 2 atom stereocenters. The van der Waals surface area contributed by atoms with E-state index in [0.29, 0.717) is 6.10 Å². The Morgan fingerprint density at radius 2 is 2.00 bits per heavy atom. The molecule has 1 N–H and O–H groups in total. The van der Waals surface area contributed by atoms with E-state index in [1.807, 2.05) is 7.11 Å². The van der Waals surface area contributed by atoms with Gasteiger partial charge in [0.05, 0.1) is 6.10 Å². The van der Waals surface area contributed by atoms with Crippen LogP contribution in [-0.4, -0.2) is 26.3 Å². The third kappa shape index (κ3) is 2.96. The Labute approximate surface area is 82.0 Å². The minimum absolute atomic E-state index is 0.461. The van der Waals surface area contributed by atoms with Crippen molar-refractivity contribution in [1.82, 2.24) is 5.32 Å². The Hall–Kier alpha value is -0.0800. The highest BCUT2D eigenvalue weighted by atomic mass is 16.5. The van der Waals surface area contributed by atoms with Crippen LogP contribution in [0.3, 0.4) is 0 Å². The summed E-state index contributed by atoms with van der Waals surface area (Å²) in [5.41, 5.74) is 0. The fourth-order valence-corrected chi connectivity index (χ4v) is 2.43. The van der Waals surface area contributed by atoms with E-state index in [1.165, 1.54) is 25.9 Å². The summed E-state index contributed by atoms with van der Waals surface area (Å²) in [7, 11) is 1.84. The van der Waals surface area contributed by atoms with Gasteiger partial charge in [-0.1, -0.05) is 13.8 Å². The molecule has 2 nitrogen and oxygen atoms in total. The van der Waals surface area contributed by atoms with E-state index in [0.717, 1.165) is 18.3 Å². The van der Waals surface area contributed by atoms with Crippen LogP contribution in [0.5, 0.6) is 0 Å². The van der Waals surface area contributed by atoms with Crippen LogP contribution < -0.4 is 5.32 Å². The van der Waals surface area contributed by atoms with Crippen molar-refractivity contribution >= 4 is 0 Å². The van der Waals surface area contributed by atoms with Gasteiger partial charge in [0.15, 0.2) is 0 Å². The van der Waals surface area contributed by atoms with Crippen LogP contribution >= 0.6 is 0 Å². The first-order valence-electron chi connectivity index (χ1n) is 5.53. The van der Waals surface area contributed by atoms with E-state index < -0.39 is 0 Å². The number of piperidine rings is 1. The lowest BCUT2D eigenvalue weighted by molar-refractivity contribution is 0.0252. The number of hydrogen-bond acceptors (Lipinski definition) is 2. The summed E-state index contributed by atoms with van der Waals surface area (Å²) in [6.45, 7) is 6.93. The number of ether oxygens (including phenoxy) is 1. The number of methoxy groups -OCH3 is 1. The van der Waals surface area contributed by atoms with Crippen molar-refractivity contribution in [3.8, 4) is 0 Å². The first-order chi connectivity index (χ1) is 6.29. The molecular formula is C11H23NO. The maximum atomic E-state index is 5.49. The molecule has 0 bridgehead atoms. The lowest BCUT2D eigenvalue weighted by atomic mass is 9.82. The predicted molar refractivity (Wildman–Crippen MR) is 55.8 cm³/mol. The van der Waals surface area contributed by atoms with Crippen molar-refractivity contribution in [3.05, 3.63) is 0 Å². The van der Waals surface area contributed by atoms with Crippen LogP contribution in [0.4, 0.5) is 0 Å². The highest BCUT2D eigenvalue weighted by molar-refractivity contribution is 4.77. The summed E-state index contributed by atoms with van der Waals surface area (Å²) in [5, 5.41) is 3.40. The quantitative estimate of drug-likeness (QED) is 0.723. The lowest BCUT2D eigenvalue weighted by Gasteiger charge is -2.32. The minimum atomic E-state index is 0.461. The molecule has 1 fully saturated rings. The zero-order valence-corrected chi connectivity index (χ0v) is 9.18. The van der Waals surface area contributed by atoms with Crippen molar-refractivity contribution in [3.63, 3.8) is 0 Å². The average Bonchev–Trinajstić information content (AvgIpc) is 2.21. The Morgan fingerprint density at radius 3 is 2.46 bits per heavy atom. The molecule has 1 rings (SSSR count). The topological polar surface area (TPSA) is 21.3 Å². The molecule has 2 heteroatoms. The molecule has 1 aliphatic heterocycles. The molecule has 0 aromatic carbocycles. The molecule has 2 unspecified atom stereocenters. The molecule has 0 spiro atoms. The van der Waals surface area contributed by atoms with Gasteiger partial charge in [0.1, 0.15) is 0 Å². The number of nitrogens with one attached hydrogen (secondary N) is 1. The van der Waals surface area contributed by atoms with Crippen molar-refractivity contribution in [2.24, 2.45) is 11.8 Å². The van der Waals surface area contributed by atoms with Crippen molar-refractivity contribution < 1.29 is 4.74 Å². The fourth-order valence-electron chi connectivity index (χ4n) is 2.43. The highest BCUT2D eigenvalue weighted by Gasteiger charge is 2.25. The van der Waals surface area contributed by atoms with Gasteiger partial charge >= 0.3 is 0 Å². The van der Waals surface area contributed by atoms with Gasteiger partial charge in [0.25, 0.3) is 0 Å². The molecule has 0 aromatic heterocycles. The normalized spacial score (nSPS) is 24.2. The standard InChI is InChI=1S/C11H23NO/c1-4-11(13-3)9(2)10-5-7-12-8-6-10/h9-12H,4-8H2,1-3H3. The van der Waals surface area contributed by atoms with Crippen LogP contribution in [0.15, 0.2) is 0 Å². The summed E-state index contributed by atoms with van der Waals surface area (Å²) in [5.74, 6) is 1.59. The predicted octanol–water partition coefficient (Wildman–Crippen LogP) is 2.05. The lowest BCUT2D eigenvalue weighted by Crippen LogP contribution is -2.35. The van der Waals surface area contributed by atoms with Crippen molar-refractivity contribution in [1.29, 1.82) is 0 Å². The molecule has 1 heterocycles. The number of rotatable bonds is 4. The molecule has 13 heavy (non-hydrogen) atoms. The highest BCUT2D eigenvalue weighted by Crippen LogP contribution is 2.26. The van der Waals surface area contributed by atoms with Gasteiger partial charge in [0.2, 0.25) is 0 Å². The monoisotopic (exact) mass is 185 g/mol. The fraction of sp³-hybridized carbons (Fsp3) is 1.00. The zero-order valence-electron chi connectivity index (χ0n) is 9.18. The summed E-state index contributed by atoms with van der Waals surface area (Å²) in [4.78, 5) is 0. The van der Waals surface area contributed by atoms with Crippen molar-refractivity contribution in [2.45, 2.75) is 39.2 Å². The molecule has 78 valence electrons. The molecule has 0 aromatic rings. The van der Waals surface area contributed by atoms with E-state index in [4.69, 9.17) is 4.74 Å². The van der Waals surface area contributed by atoms with Crippen molar-refractivity contribution in [2.75, 3.05) is 20.2 Å². The van der Waals surface area contributed by atoms with Gasteiger partial charge in [-0.05, 0) is 44.2 Å². The van der Waals surface area contributed by atoms with Gasteiger partial charge in [-0.2, -0.15) is 0 Å². The first-order valence-corrected chi connectivity index (χ1v) is 5.53. The minimum Gasteiger partial charge on any atom is -0.381 e. The maximum Gasteiger partial charge on any atom is 0.0596 e. The van der Waals surface area contributed by atoms with Gasteiger partial charge in [0, 0.05) is 7.11 Å². The van der Waals surface area contributed by atoms with Crippen LogP contribution in [0, 0.1) is 11.8 Å². The molecule has 1 saturated heterocycles. The largest absolute Gasteiger partial charge is 0.381 e. The van der Waals surface area contributed by atoms with E-state index in [2.05, 4.69) is 19.2 Å². The summed E-state index contributed by atoms with van der Waals surface area (Å²) in [6, 6.07) is 0. The van der Waals surface area contributed by atoms with Gasteiger partial charge < -0.3 is 10.1 Å². The van der Waals surface area contributed by atoms with E-state index >= 15 is 0 Å². The Balaban J connectivity index is 2.38. The van der Waals surface area contributed by atoms with Crippen LogP contribution in [-0.2, 0) is 4.74 Å². The second-order valence-electron chi connectivity index (χ2n) is 4.13. The van der Waals surface area contributed by atoms with Gasteiger partial charge in [-0.15, -0.1) is 0 Å². The molecule has 0 saturated carbocycles. The smallest absolute Gasteiger partial charge is 0.0596 e.